The van der Waals surface area contributed by atoms with Crippen molar-refractivity contribution in [2.24, 2.45) is 0 Å². The Kier molecular flexibility index (Phi) is 8.31. The van der Waals surface area contributed by atoms with Crippen LogP contribution in [0.4, 0.5) is 0 Å². The third kappa shape index (κ3) is 5.41. The molecule has 198 valence electrons. The topological polar surface area (TPSA) is 113 Å². The van der Waals surface area contributed by atoms with Crippen LogP contribution in [0.2, 0.25) is 0 Å². The SMILES string of the molecule is COCCCN1C(=O)C(=O)/C(=C(/O)c2ccc(S(=O)(=O)N3CCCCC3)cc2)[C@@H]1c1cccc(OC)c1. The number of hydrogen-bond acceptors (Lipinski definition) is 7. The molecule has 2 fully saturated rings. The van der Waals surface area contributed by atoms with Gasteiger partial charge < -0.3 is 19.5 Å². The maximum atomic E-state index is 13.2. The minimum absolute atomic E-state index is 0.0534. The Bertz CT molecular complexity index is 1280. The average Bonchev–Trinajstić information content (AvgIpc) is 3.18. The van der Waals surface area contributed by atoms with Gasteiger partial charge in [0, 0.05) is 38.9 Å². The fraction of sp³-hybridized carbons (Fsp3) is 0.407. The second kappa shape index (κ2) is 11.5. The number of benzene rings is 2. The first-order valence-electron chi connectivity index (χ1n) is 12.3. The lowest BCUT2D eigenvalue weighted by atomic mass is 9.95. The van der Waals surface area contributed by atoms with Gasteiger partial charge in [0.15, 0.2) is 0 Å². The van der Waals surface area contributed by atoms with Gasteiger partial charge in [0.2, 0.25) is 10.0 Å². The molecule has 0 saturated carbocycles. The standard InChI is InChI=1S/C27H32N2O7S/c1-35-17-7-16-29-24(20-8-6-9-21(18-20)36-2)23(26(31)27(29)32)25(30)19-10-12-22(13-11-19)37(33,34)28-14-4-3-5-15-28/h6,8-13,18,24,30H,3-5,7,14-17H2,1-2H3/b25-23+/t24-/m0/s1. The van der Waals surface area contributed by atoms with Crippen LogP contribution < -0.4 is 4.74 Å². The van der Waals surface area contributed by atoms with Gasteiger partial charge in [0.05, 0.1) is 23.6 Å². The third-order valence-electron chi connectivity index (χ3n) is 6.78. The third-order valence-corrected chi connectivity index (χ3v) is 8.69. The van der Waals surface area contributed by atoms with Gasteiger partial charge in [-0.25, -0.2) is 8.42 Å². The second-order valence-corrected chi connectivity index (χ2v) is 11.0. The molecule has 0 aromatic heterocycles. The highest BCUT2D eigenvalue weighted by Crippen LogP contribution is 2.40. The minimum Gasteiger partial charge on any atom is -0.507 e. The number of aliphatic hydroxyl groups excluding tert-OH is 1. The van der Waals surface area contributed by atoms with E-state index >= 15 is 0 Å². The van der Waals surface area contributed by atoms with E-state index in [1.807, 2.05) is 0 Å². The first-order chi connectivity index (χ1) is 17.8. The summed E-state index contributed by atoms with van der Waals surface area (Å²) in [5.74, 6) is -1.32. The zero-order chi connectivity index (χ0) is 26.6. The molecule has 0 spiro atoms. The van der Waals surface area contributed by atoms with Crippen LogP contribution in [-0.4, -0.2) is 74.9 Å². The van der Waals surface area contributed by atoms with Gasteiger partial charge in [-0.3, -0.25) is 9.59 Å². The molecule has 0 aliphatic carbocycles. The summed E-state index contributed by atoms with van der Waals surface area (Å²) in [6, 6.07) is 11.9. The predicted molar refractivity (Wildman–Crippen MR) is 138 cm³/mol. The van der Waals surface area contributed by atoms with E-state index < -0.39 is 27.8 Å². The number of likely N-dealkylation sites (tertiary alicyclic amines) is 1. The van der Waals surface area contributed by atoms with E-state index in [4.69, 9.17) is 9.47 Å². The van der Waals surface area contributed by atoms with Gasteiger partial charge in [-0.2, -0.15) is 4.31 Å². The number of rotatable bonds is 9. The van der Waals surface area contributed by atoms with Crippen LogP contribution in [0.25, 0.3) is 5.76 Å². The van der Waals surface area contributed by atoms with Crippen LogP contribution in [0.3, 0.4) is 0 Å². The largest absolute Gasteiger partial charge is 0.507 e. The molecule has 1 amide bonds. The number of piperidine rings is 1. The number of Topliss-reactive ketones (excluding diaryl/α,β-unsaturated/α-hetero) is 1. The normalized spacial score (nSPS) is 20.4. The Morgan fingerprint density at radius 1 is 1.03 bits per heavy atom. The molecule has 10 heteroatoms. The molecule has 2 aromatic carbocycles. The Hall–Kier alpha value is -3.21. The Labute approximate surface area is 217 Å². The summed E-state index contributed by atoms with van der Waals surface area (Å²) in [6.07, 6.45) is 3.17. The van der Waals surface area contributed by atoms with E-state index in [-0.39, 0.29) is 28.3 Å². The van der Waals surface area contributed by atoms with E-state index in [2.05, 4.69) is 0 Å². The number of ether oxygens (including phenoxy) is 2. The zero-order valence-corrected chi connectivity index (χ0v) is 21.9. The van der Waals surface area contributed by atoms with Crippen LogP contribution >= 0.6 is 0 Å². The van der Waals surface area contributed by atoms with Crippen molar-refractivity contribution >= 4 is 27.5 Å². The number of carbonyl (C=O) groups excluding carboxylic acids is 2. The molecule has 9 nitrogen and oxygen atoms in total. The van der Waals surface area contributed by atoms with E-state index in [0.29, 0.717) is 37.4 Å². The summed E-state index contributed by atoms with van der Waals surface area (Å²) in [5.41, 5.74) is 0.810. The maximum Gasteiger partial charge on any atom is 0.295 e. The smallest absolute Gasteiger partial charge is 0.295 e. The molecule has 4 rings (SSSR count). The van der Waals surface area contributed by atoms with Crippen molar-refractivity contribution in [1.29, 1.82) is 0 Å². The highest BCUT2D eigenvalue weighted by Gasteiger charge is 2.46. The lowest BCUT2D eigenvalue weighted by Crippen LogP contribution is -2.35. The molecule has 2 aromatic rings. The van der Waals surface area contributed by atoms with Crippen LogP contribution in [0.1, 0.15) is 42.9 Å². The van der Waals surface area contributed by atoms with Gasteiger partial charge in [-0.15, -0.1) is 0 Å². The van der Waals surface area contributed by atoms with Gasteiger partial charge in [-0.05, 0) is 61.2 Å². The Morgan fingerprint density at radius 2 is 1.73 bits per heavy atom. The quantitative estimate of drug-likeness (QED) is 0.230. The van der Waals surface area contributed by atoms with E-state index in [1.165, 1.54) is 40.6 Å². The van der Waals surface area contributed by atoms with Crippen LogP contribution in [-0.2, 0) is 24.3 Å². The number of nitrogens with zero attached hydrogens (tertiary/aromatic N) is 2. The van der Waals surface area contributed by atoms with E-state index in [1.54, 1.807) is 31.4 Å². The molecule has 1 atom stereocenters. The van der Waals surface area contributed by atoms with Crippen molar-refractivity contribution in [3.05, 3.63) is 65.2 Å². The molecular weight excluding hydrogens is 496 g/mol. The Morgan fingerprint density at radius 3 is 2.38 bits per heavy atom. The molecule has 2 aliphatic heterocycles. The monoisotopic (exact) mass is 528 g/mol. The van der Waals surface area contributed by atoms with Crippen molar-refractivity contribution in [2.75, 3.05) is 40.5 Å². The molecule has 1 N–H and O–H groups in total. The molecular formula is C27H32N2O7S. The summed E-state index contributed by atoms with van der Waals surface area (Å²) in [5, 5.41) is 11.3. The molecule has 2 aliphatic rings. The Balaban J connectivity index is 1.73. The minimum atomic E-state index is -3.65. The van der Waals surface area contributed by atoms with E-state index in [0.717, 1.165) is 19.3 Å². The predicted octanol–water partition coefficient (Wildman–Crippen LogP) is 3.33. The molecule has 0 radical (unpaired) electrons. The maximum absolute atomic E-state index is 13.2. The summed E-state index contributed by atoms with van der Waals surface area (Å²) in [7, 11) is -0.565. The highest BCUT2D eigenvalue weighted by molar-refractivity contribution is 7.89. The number of amides is 1. The molecule has 0 unspecified atom stereocenters. The highest BCUT2D eigenvalue weighted by atomic mass is 32.2. The fourth-order valence-electron chi connectivity index (χ4n) is 4.84. The number of aliphatic hydroxyl groups is 1. The summed E-state index contributed by atoms with van der Waals surface area (Å²) >= 11 is 0. The van der Waals surface area contributed by atoms with Gasteiger partial charge in [0.1, 0.15) is 11.5 Å². The number of carbonyl (C=O) groups is 2. The van der Waals surface area contributed by atoms with Crippen molar-refractivity contribution in [3.8, 4) is 5.75 Å². The van der Waals surface area contributed by atoms with Gasteiger partial charge in [0.25, 0.3) is 11.7 Å². The number of ketones is 1. The van der Waals surface area contributed by atoms with Crippen molar-refractivity contribution in [2.45, 2.75) is 36.6 Å². The molecule has 2 heterocycles. The van der Waals surface area contributed by atoms with Crippen LogP contribution in [0.5, 0.6) is 5.75 Å². The lowest BCUT2D eigenvalue weighted by molar-refractivity contribution is -0.140. The van der Waals surface area contributed by atoms with Crippen molar-refractivity contribution in [1.82, 2.24) is 9.21 Å². The molecule has 0 bridgehead atoms. The molecule has 2 saturated heterocycles. The van der Waals surface area contributed by atoms with Crippen molar-refractivity contribution in [3.63, 3.8) is 0 Å². The summed E-state index contributed by atoms with van der Waals surface area (Å²) in [4.78, 5) is 27.7. The number of hydrogen-bond donors (Lipinski definition) is 1. The molecule has 37 heavy (non-hydrogen) atoms. The van der Waals surface area contributed by atoms with E-state index in [9.17, 15) is 23.1 Å². The lowest BCUT2D eigenvalue weighted by Gasteiger charge is -2.26. The fourth-order valence-corrected chi connectivity index (χ4v) is 6.36. The first kappa shape index (κ1) is 26.8. The van der Waals surface area contributed by atoms with Gasteiger partial charge >= 0.3 is 0 Å². The van der Waals surface area contributed by atoms with Crippen LogP contribution in [0, 0.1) is 0 Å². The average molecular weight is 529 g/mol. The number of sulfonamides is 1. The van der Waals surface area contributed by atoms with Crippen molar-refractivity contribution < 1.29 is 32.6 Å². The zero-order valence-electron chi connectivity index (χ0n) is 21.1. The van der Waals surface area contributed by atoms with Gasteiger partial charge in [-0.1, -0.05) is 18.6 Å². The van der Waals surface area contributed by atoms with Crippen LogP contribution in [0.15, 0.2) is 59.0 Å². The summed E-state index contributed by atoms with van der Waals surface area (Å²) in [6.45, 7) is 1.62. The first-order valence-corrected chi connectivity index (χ1v) is 13.8. The number of methoxy groups -OCH3 is 2. The summed E-state index contributed by atoms with van der Waals surface area (Å²) < 4.78 is 37.9. The second-order valence-electron chi connectivity index (χ2n) is 9.10.